The van der Waals surface area contributed by atoms with Crippen LogP contribution in [-0.4, -0.2) is 48.7 Å². The van der Waals surface area contributed by atoms with Gasteiger partial charge in [-0.05, 0) is 43.5 Å². The molecule has 31 heavy (non-hydrogen) atoms. The van der Waals surface area contributed by atoms with Gasteiger partial charge >= 0.3 is 6.01 Å². The van der Waals surface area contributed by atoms with Crippen LogP contribution < -0.4 is 15.0 Å². The van der Waals surface area contributed by atoms with Crippen LogP contribution in [0.5, 0.6) is 11.8 Å². The number of benzene rings is 1. The molecule has 0 unspecified atom stereocenters. The van der Waals surface area contributed by atoms with Crippen LogP contribution in [0.25, 0.3) is 6.08 Å². The van der Waals surface area contributed by atoms with Gasteiger partial charge in [0.1, 0.15) is 17.5 Å². The molecule has 0 bridgehead atoms. The molecule has 0 amide bonds. The number of ether oxygens (including phenoxy) is 2. The maximum Gasteiger partial charge on any atom is 0.326 e. The lowest BCUT2D eigenvalue weighted by Crippen LogP contribution is -2.36. The number of morpholine rings is 1. The Kier molecular flexibility index (Phi) is 5.15. The van der Waals surface area contributed by atoms with E-state index >= 15 is 4.39 Å². The van der Waals surface area contributed by atoms with Crippen molar-refractivity contribution in [3.05, 3.63) is 52.4 Å². The molecule has 0 atom stereocenters. The van der Waals surface area contributed by atoms with E-state index in [1.807, 2.05) is 38.1 Å². The monoisotopic (exact) mass is 421 g/mol. The van der Waals surface area contributed by atoms with E-state index in [0.29, 0.717) is 50.0 Å². The average molecular weight is 421 g/mol. The molecule has 2 aromatic rings. The molecule has 1 aromatic carbocycles. The maximum atomic E-state index is 15.1. The van der Waals surface area contributed by atoms with Crippen LogP contribution in [-0.2, 0) is 11.2 Å². The van der Waals surface area contributed by atoms with Crippen molar-refractivity contribution in [3.63, 3.8) is 0 Å². The lowest BCUT2D eigenvalue weighted by Gasteiger charge is -2.28. The summed E-state index contributed by atoms with van der Waals surface area (Å²) >= 11 is 0. The minimum Gasteiger partial charge on any atom is -0.421 e. The summed E-state index contributed by atoms with van der Waals surface area (Å²) in [6.07, 6.45) is 4.60. The number of fused-ring (bicyclic) bond motifs is 1. The molecule has 1 N–H and O–H groups in total. The molecule has 8 heteroatoms. The van der Waals surface area contributed by atoms with Crippen LogP contribution in [0, 0.1) is 5.82 Å². The molecule has 160 valence electrons. The molecule has 1 aliphatic carbocycles. The highest BCUT2D eigenvalue weighted by molar-refractivity contribution is 6.05. The van der Waals surface area contributed by atoms with E-state index < -0.39 is 0 Å². The van der Waals surface area contributed by atoms with Crippen LogP contribution in [0.3, 0.4) is 0 Å². The molecule has 0 saturated carbocycles. The normalized spacial score (nSPS) is 17.8. The van der Waals surface area contributed by atoms with Gasteiger partial charge in [0, 0.05) is 24.7 Å². The standard InChI is InChI=1S/C23H24FN5O2/c1-14-9-16-3-4-18(22(24)17(16)10-14)31-23-27-20(26-19-11-15(2)13-25-19)12-21(28-23)29-5-7-30-8-6-29/h3-4,10-12H,5-9,13H2,1-2H3,(H,25,26,27,28). The Morgan fingerprint density at radius 2 is 1.94 bits per heavy atom. The van der Waals surface area contributed by atoms with E-state index in [1.54, 1.807) is 6.07 Å². The van der Waals surface area contributed by atoms with Gasteiger partial charge in [0.15, 0.2) is 11.6 Å². The highest BCUT2D eigenvalue weighted by atomic mass is 19.1. The average Bonchev–Trinajstić information content (AvgIpc) is 3.35. The summed E-state index contributed by atoms with van der Waals surface area (Å²) in [5, 5.41) is 3.22. The smallest absolute Gasteiger partial charge is 0.326 e. The minimum absolute atomic E-state index is 0.0864. The van der Waals surface area contributed by atoms with Crippen molar-refractivity contribution in [1.82, 2.24) is 9.97 Å². The Balaban J connectivity index is 1.47. The predicted molar refractivity (Wildman–Crippen MR) is 119 cm³/mol. The fraction of sp³-hybridized carbons (Fsp3) is 0.348. The van der Waals surface area contributed by atoms with Gasteiger partial charge in [0.25, 0.3) is 0 Å². The van der Waals surface area contributed by atoms with E-state index in [0.717, 1.165) is 23.4 Å². The number of allylic oxidation sites excluding steroid dienone is 1. The minimum atomic E-state index is -0.386. The quantitative estimate of drug-likeness (QED) is 0.805. The number of amidine groups is 1. The van der Waals surface area contributed by atoms with Gasteiger partial charge in [-0.15, -0.1) is 0 Å². The number of hydrogen-bond acceptors (Lipinski definition) is 7. The van der Waals surface area contributed by atoms with Crippen molar-refractivity contribution in [3.8, 4) is 11.8 Å². The summed E-state index contributed by atoms with van der Waals surface area (Å²) in [4.78, 5) is 15.6. The van der Waals surface area contributed by atoms with Crippen LogP contribution in [0.2, 0.25) is 0 Å². The molecule has 5 rings (SSSR count). The molecule has 2 aliphatic heterocycles. The summed E-state index contributed by atoms with van der Waals surface area (Å²) in [5.74, 6) is 1.71. The van der Waals surface area contributed by atoms with Crippen LogP contribution in [0.4, 0.5) is 16.0 Å². The van der Waals surface area contributed by atoms with Crippen molar-refractivity contribution in [1.29, 1.82) is 0 Å². The third-order valence-corrected chi connectivity index (χ3v) is 5.46. The first-order chi connectivity index (χ1) is 15.0. The Morgan fingerprint density at radius 3 is 2.71 bits per heavy atom. The van der Waals surface area contributed by atoms with E-state index in [-0.39, 0.29) is 17.6 Å². The molecule has 0 spiro atoms. The van der Waals surface area contributed by atoms with Gasteiger partial charge in [-0.25, -0.2) is 4.39 Å². The highest BCUT2D eigenvalue weighted by Gasteiger charge is 2.21. The van der Waals surface area contributed by atoms with Gasteiger partial charge in [0.05, 0.1) is 19.8 Å². The molecule has 1 fully saturated rings. The summed E-state index contributed by atoms with van der Waals surface area (Å²) in [6.45, 7) is 7.37. The van der Waals surface area contributed by atoms with Gasteiger partial charge < -0.3 is 19.7 Å². The largest absolute Gasteiger partial charge is 0.421 e. The number of halogens is 1. The Bertz CT molecular complexity index is 1120. The van der Waals surface area contributed by atoms with Crippen LogP contribution >= 0.6 is 0 Å². The van der Waals surface area contributed by atoms with Gasteiger partial charge in [-0.2, -0.15) is 9.97 Å². The second kappa shape index (κ2) is 8.11. The summed E-state index contributed by atoms with van der Waals surface area (Å²) in [5.41, 5.74) is 3.85. The molecular weight excluding hydrogens is 397 g/mol. The number of nitrogens with zero attached hydrogens (tertiary/aromatic N) is 4. The zero-order valence-electron chi connectivity index (χ0n) is 17.6. The first-order valence-electron chi connectivity index (χ1n) is 10.4. The fourth-order valence-corrected chi connectivity index (χ4v) is 3.92. The van der Waals surface area contributed by atoms with E-state index in [9.17, 15) is 0 Å². The zero-order chi connectivity index (χ0) is 21.4. The molecule has 3 heterocycles. The summed E-state index contributed by atoms with van der Waals surface area (Å²) in [7, 11) is 0. The van der Waals surface area contributed by atoms with Gasteiger partial charge in [-0.1, -0.05) is 17.7 Å². The van der Waals surface area contributed by atoms with Crippen molar-refractivity contribution in [2.75, 3.05) is 43.1 Å². The summed E-state index contributed by atoms with van der Waals surface area (Å²) in [6, 6.07) is 5.48. The van der Waals surface area contributed by atoms with E-state index in [2.05, 4.69) is 25.2 Å². The topological polar surface area (TPSA) is 71.9 Å². The Hall–Kier alpha value is -3.26. The lowest BCUT2D eigenvalue weighted by atomic mass is 10.1. The second-order valence-electron chi connectivity index (χ2n) is 8.03. The van der Waals surface area contributed by atoms with Crippen LogP contribution in [0.1, 0.15) is 25.0 Å². The summed E-state index contributed by atoms with van der Waals surface area (Å²) < 4.78 is 26.4. The number of aromatic nitrogens is 2. The molecule has 1 aromatic heterocycles. The maximum absolute atomic E-state index is 15.1. The first-order valence-corrected chi connectivity index (χ1v) is 10.4. The number of anilines is 2. The van der Waals surface area contributed by atoms with Crippen molar-refractivity contribution in [2.24, 2.45) is 4.99 Å². The highest BCUT2D eigenvalue weighted by Crippen LogP contribution is 2.34. The number of nitrogens with one attached hydrogen (secondary N) is 1. The molecule has 3 aliphatic rings. The molecule has 0 radical (unpaired) electrons. The van der Waals surface area contributed by atoms with Crippen molar-refractivity contribution < 1.29 is 13.9 Å². The van der Waals surface area contributed by atoms with Crippen molar-refractivity contribution >= 4 is 23.5 Å². The van der Waals surface area contributed by atoms with E-state index in [4.69, 9.17) is 9.47 Å². The van der Waals surface area contributed by atoms with Crippen LogP contribution in [0.15, 0.2) is 40.4 Å². The van der Waals surface area contributed by atoms with Gasteiger partial charge in [-0.3, -0.25) is 4.99 Å². The first kappa shape index (κ1) is 19.7. The number of aliphatic imine (C=N–C) groups is 1. The molecule has 7 nitrogen and oxygen atoms in total. The zero-order valence-corrected chi connectivity index (χ0v) is 17.6. The van der Waals surface area contributed by atoms with Crippen molar-refractivity contribution in [2.45, 2.75) is 20.3 Å². The third kappa shape index (κ3) is 4.16. The predicted octanol–water partition coefficient (Wildman–Crippen LogP) is 3.97. The lowest BCUT2D eigenvalue weighted by molar-refractivity contribution is 0.122. The fourth-order valence-electron chi connectivity index (χ4n) is 3.92. The number of rotatable bonds is 4. The van der Waals surface area contributed by atoms with E-state index in [1.165, 1.54) is 5.57 Å². The SMILES string of the molecule is CC1=CC(Nc2cc(N3CCOCC3)nc(Oc3ccc4c(c3F)C=C(C)C4)n2)=NC1. The Labute approximate surface area is 180 Å². The Morgan fingerprint density at radius 1 is 1.10 bits per heavy atom. The second-order valence-corrected chi connectivity index (χ2v) is 8.03. The van der Waals surface area contributed by atoms with Gasteiger partial charge in [0.2, 0.25) is 0 Å². The third-order valence-electron chi connectivity index (χ3n) is 5.46. The number of hydrogen-bond donors (Lipinski definition) is 1. The molecular formula is C23H24FN5O2. The molecule has 1 saturated heterocycles.